The Morgan fingerprint density at radius 3 is 2.00 bits per heavy atom. The molecule has 0 N–H and O–H groups in total. The van der Waals surface area contributed by atoms with Gasteiger partial charge in [-0.05, 0) is 128 Å². The standard InChI is InChI=1S/C60H43NS/c1-37-17-8-9-20-43(37)58-44(24-16-25-45(58)40-30-32-49-48-22-11-14-27-55(48)61(56(49)36-40)42-18-6-5-7-19-42)38(2)41-33-51(59-52(34-41)50-23-12-15-28-57(50)62-59)39-29-31-47-46-21-10-13-26-53(46)60(3,4)54(47)35-39/h5-36H,2H2,1,3-4H3. The molecule has 12 rings (SSSR count). The summed E-state index contributed by atoms with van der Waals surface area (Å²) in [6.45, 7) is 12.0. The van der Waals surface area contributed by atoms with Crippen molar-refractivity contribution < 1.29 is 0 Å². The smallest absolute Gasteiger partial charge is 0.0547 e. The van der Waals surface area contributed by atoms with Crippen molar-refractivity contribution in [1.29, 1.82) is 0 Å². The van der Waals surface area contributed by atoms with Gasteiger partial charge >= 0.3 is 0 Å². The van der Waals surface area contributed by atoms with Crippen LogP contribution in [0.15, 0.2) is 201 Å². The van der Waals surface area contributed by atoms with Gasteiger partial charge < -0.3 is 4.57 Å². The molecule has 2 heteroatoms. The Morgan fingerprint density at radius 2 is 1.15 bits per heavy atom. The third-order valence-electron chi connectivity index (χ3n) is 13.5. The van der Waals surface area contributed by atoms with Gasteiger partial charge in [0.05, 0.1) is 11.0 Å². The summed E-state index contributed by atoms with van der Waals surface area (Å²) < 4.78 is 5.02. The van der Waals surface area contributed by atoms with Crippen LogP contribution in [0.1, 0.15) is 41.7 Å². The van der Waals surface area contributed by atoms with Gasteiger partial charge in [0, 0.05) is 47.6 Å². The second kappa shape index (κ2) is 13.9. The zero-order chi connectivity index (χ0) is 41.7. The number of hydrogen-bond acceptors (Lipinski definition) is 1. The topological polar surface area (TPSA) is 4.93 Å². The first-order valence-corrected chi connectivity index (χ1v) is 22.3. The number of hydrogen-bond donors (Lipinski definition) is 0. The predicted octanol–water partition coefficient (Wildman–Crippen LogP) is 16.8. The molecular formula is C60H43NS. The Kier molecular flexibility index (Phi) is 8.19. The Bertz CT molecular complexity index is 3630. The minimum absolute atomic E-state index is 0.0935. The van der Waals surface area contributed by atoms with E-state index in [2.05, 4.69) is 219 Å². The summed E-state index contributed by atoms with van der Waals surface area (Å²) in [5.41, 5.74) is 20.7. The summed E-state index contributed by atoms with van der Waals surface area (Å²) in [4.78, 5) is 0. The van der Waals surface area contributed by atoms with Crippen molar-refractivity contribution in [3.05, 3.63) is 229 Å². The molecule has 0 bridgehead atoms. The summed E-state index contributed by atoms with van der Waals surface area (Å²) in [7, 11) is 0. The minimum atomic E-state index is -0.0935. The summed E-state index contributed by atoms with van der Waals surface area (Å²) in [6, 6.07) is 71.8. The fraction of sp³-hybridized carbons (Fsp3) is 0.0667. The fourth-order valence-corrected chi connectivity index (χ4v) is 11.6. The first-order valence-electron chi connectivity index (χ1n) is 21.5. The minimum Gasteiger partial charge on any atom is -0.309 e. The molecule has 294 valence electrons. The Labute approximate surface area is 366 Å². The molecule has 0 saturated heterocycles. The van der Waals surface area contributed by atoms with Crippen molar-refractivity contribution in [2.24, 2.45) is 0 Å². The maximum Gasteiger partial charge on any atom is 0.0547 e. The summed E-state index contributed by atoms with van der Waals surface area (Å²) >= 11 is 1.89. The molecule has 0 unspecified atom stereocenters. The van der Waals surface area contributed by atoms with Crippen molar-refractivity contribution in [1.82, 2.24) is 4.57 Å². The molecule has 0 saturated carbocycles. The van der Waals surface area contributed by atoms with Gasteiger partial charge in [0.2, 0.25) is 0 Å². The molecule has 1 aliphatic rings. The lowest BCUT2D eigenvalue weighted by atomic mass is 9.81. The second-order valence-corrected chi connectivity index (χ2v) is 18.4. The average Bonchev–Trinajstić information content (AvgIpc) is 3.93. The molecule has 62 heavy (non-hydrogen) atoms. The van der Waals surface area contributed by atoms with Crippen LogP contribution >= 0.6 is 11.3 Å². The van der Waals surface area contributed by atoms with E-state index in [1.807, 2.05) is 11.3 Å². The van der Waals surface area contributed by atoms with Crippen LogP contribution < -0.4 is 0 Å². The zero-order valence-electron chi connectivity index (χ0n) is 35.0. The number of aromatic nitrogens is 1. The molecule has 11 aromatic rings. The molecule has 9 aromatic carbocycles. The molecule has 0 amide bonds. The maximum atomic E-state index is 4.99. The van der Waals surface area contributed by atoms with Gasteiger partial charge in [-0.15, -0.1) is 11.3 Å². The first-order chi connectivity index (χ1) is 30.3. The highest BCUT2D eigenvalue weighted by Crippen LogP contribution is 2.51. The molecule has 1 nitrogen and oxygen atoms in total. The monoisotopic (exact) mass is 809 g/mol. The van der Waals surface area contributed by atoms with E-state index in [1.165, 1.54) is 103 Å². The Morgan fingerprint density at radius 1 is 0.484 bits per heavy atom. The van der Waals surface area contributed by atoms with Gasteiger partial charge in [0.1, 0.15) is 0 Å². The van der Waals surface area contributed by atoms with Crippen molar-refractivity contribution in [3.8, 4) is 50.2 Å². The lowest BCUT2D eigenvalue weighted by Crippen LogP contribution is -2.14. The van der Waals surface area contributed by atoms with E-state index in [4.69, 9.17) is 6.58 Å². The van der Waals surface area contributed by atoms with Crippen molar-refractivity contribution >= 4 is 58.9 Å². The highest BCUT2D eigenvalue weighted by molar-refractivity contribution is 7.26. The molecule has 1 aliphatic carbocycles. The van der Waals surface area contributed by atoms with Crippen LogP contribution in [0.2, 0.25) is 0 Å². The number of rotatable bonds is 6. The summed E-state index contributed by atoms with van der Waals surface area (Å²) in [5, 5.41) is 5.05. The number of para-hydroxylation sites is 2. The summed E-state index contributed by atoms with van der Waals surface area (Å²) in [6.07, 6.45) is 0. The maximum absolute atomic E-state index is 4.99. The predicted molar refractivity (Wildman–Crippen MR) is 267 cm³/mol. The molecule has 0 radical (unpaired) electrons. The first kappa shape index (κ1) is 36.6. The van der Waals surface area contributed by atoms with Crippen molar-refractivity contribution in [3.63, 3.8) is 0 Å². The largest absolute Gasteiger partial charge is 0.309 e. The van der Waals surface area contributed by atoms with E-state index in [0.717, 1.165) is 22.4 Å². The van der Waals surface area contributed by atoms with Crippen LogP contribution in [0.5, 0.6) is 0 Å². The fourth-order valence-electron chi connectivity index (χ4n) is 10.4. The van der Waals surface area contributed by atoms with Gasteiger partial charge in [-0.25, -0.2) is 0 Å². The number of aryl methyl sites for hydroxylation is 1. The van der Waals surface area contributed by atoms with Crippen molar-refractivity contribution in [2.75, 3.05) is 0 Å². The van der Waals surface area contributed by atoms with Crippen molar-refractivity contribution in [2.45, 2.75) is 26.2 Å². The van der Waals surface area contributed by atoms with Crippen LogP contribution in [0.3, 0.4) is 0 Å². The van der Waals surface area contributed by atoms with E-state index in [9.17, 15) is 0 Å². The van der Waals surface area contributed by atoms with Crippen LogP contribution in [0.4, 0.5) is 0 Å². The molecule has 0 atom stereocenters. The summed E-state index contributed by atoms with van der Waals surface area (Å²) in [5.74, 6) is 0. The Hall–Kier alpha value is -7.26. The SMILES string of the molecule is C=C(c1cc(-c2ccc3c(c2)C(C)(C)c2ccccc2-3)c2sc3ccccc3c2c1)c1cccc(-c2ccc3c4ccccc4n(-c4ccccc4)c3c2)c1-c1ccccc1C. The van der Waals surface area contributed by atoms with Gasteiger partial charge in [-0.2, -0.15) is 0 Å². The molecule has 0 aliphatic heterocycles. The van der Waals surface area contributed by atoms with Crippen LogP contribution in [0, 0.1) is 6.92 Å². The third kappa shape index (κ3) is 5.46. The van der Waals surface area contributed by atoms with Crippen LogP contribution in [-0.4, -0.2) is 4.57 Å². The van der Waals surface area contributed by atoms with E-state index < -0.39 is 0 Å². The van der Waals surface area contributed by atoms with Gasteiger partial charge in [0.15, 0.2) is 0 Å². The molecule has 2 heterocycles. The normalized spacial score (nSPS) is 13.0. The van der Waals surface area contributed by atoms with Gasteiger partial charge in [-0.3, -0.25) is 0 Å². The van der Waals surface area contributed by atoms with Gasteiger partial charge in [0.25, 0.3) is 0 Å². The number of thiophene rings is 1. The lowest BCUT2D eigenvalue weighted by molar-refractivity contribution is 0.660. The van der Waals surface area contributed by atoms with E-state index in [1.54, 1.807) is 0 Å². The molecule has 0 fully saturated rings. The zero-order valence-corrected chi connectivity index (χ0v) is 35.9. The third-order valence-corrected chi connectivity index (χ3v) is 14.7. The molecule has 0 spiro atoms. The average molecular weight is 810 g/mol. The Balaban J connectivity index is 1.08. The van der Waals surface area contributed by atoms with E-state index >= 15 is 0 Å². The van der Waals surface area contributed by atoms with Crippen LogP contribution in [0.25, 0.3) is 97.7 Å². The van der Waals surface area contributed by atoms with E-state index in [0.29, 0.717) is 0 Å². The highest BCUT2D eigenvalue weighted by atomic mass is 32.1. The van der Waals surface area contributed by atoms with E-state index in [-0.39, 0.29) is 5.41 Å². The quantitative estimate of drug-likeness (QED) is 0.158. The number of benzene rings is 9. The van der Waals surface area contributed by atoms with Crippen LogP contribution in [-0.2, 0) is 5.41 Å². The molecular weight excluding hydrogens is 767 g/mol. The lowest BCUT2D eigenvalue weighted by Gasteiger charge is -2.22. The number of nitrogens with zero attached hydrogens (tertiary/aromatic N) is 1. The number of fused-ring (bicyclic) bond motifs is 9. The van der Waals surface area contributed by atoms with Gasteiger partial charge in [-0.1, -0.05) is 166 Å². The molecule has 2 aromatic heterocycles. The highest BCUT2D eigenvalue weighted by Gasteiger charge is 2.35. The second-order valence-electron chi connectivity index (χ2n) is 17.4.